The Bertz CT molecular complexity index is 2980. The summed E-state index contributed by atoms with van der Waals surface area (Å²) in [6.07, 6.45) is -0.0994. The third-order valence-electron chi connectivity index (χ3n) is 11.2. The number of nitro groups is 1. The first kappa shape index (κ1) is 49.8. The molecular formula is C48H54N8O11S2. The lowest BCUT2D eigenvalue weighted by Gasteiger charge is -2.39. The number of hydrogen-bond acceptors (Lipinski definition) is 15. The van der Waals surface area contributed by atoms with E-state index in [0.717, 1.165) is 15.9 Å². The molecule has 0 unspecified atom stereocenters. The fourth-order valence-corrected chi connectivity index (χ4v) is 11.7. The van der Waals surface area contributed by atoms with Crippen molar-refractivity contribution in [2.24, 2.45) is 0 Å². The summed E-state index contributed by atoms with van der Waals surface area (Å²) < 4.78 is 85.4. The second-order valence-electron chi connectivity index (χ2n) is 17.2. The number of sulfonamides is 1. The number of nitro benzene ring substituents is 1. The number of rotatable bonds is 19. The lowest BCUT2D eigenvalue weighted by Crippen LogP contribution is -2.57. The smallest absolute Gasteiger partial charge is 0.410 e. The van der Waals surface area contributed by atoms with E-state index in [0.29, 0.717) is 41.3 Å². The van der Waals surface area contributed by atoms with E-state index >= 15 is 16.8 Å². The number of carbonyl (C=O) groups is 1. The van der Waals surface area contributed by atoms with Crippen molar-refractivity contribution in [1.82, 2.24) is 29.4 Å². The minimum atomic E-state index is -5.07. The highest BCUT2D eigenvalue weighted by molar-refractivity contribution is 7.94. The van der Waals surface area contributed by atoms with E-state index in [2.05, 4.69) is 20.7 Å². The molecule has 19 nitrogen and oxygen atoms in total. The number of benzene rings is 5. The molecule has 6 aromatic rings. The average Bonchev–Trinajstić information content (AvgIpc) is 3.77. The van der Waals surface area contributed by atoms with Crippen molar-refractivity contribution in [3.8, 4) is 39.8 Å². The van der Waals surface area contributed by atoms with Gasteiger partial charge in [0.15, 0.2) is 9.84 Å². The van der Waals surface area contributed by atoms with Gasteiger partial charge in [-0.25, -0.2) is 21.6 Å². The van der Waals surface area contributed by atoms with Gasteiger partial charge in [0.05, 0.1) is 48.8 Å². The molecular weight excluding hydrogens is 929 g/mol. The van der Waals surface area contributed by atoms with Crippen LogP contribution in [0.1, 0.15) is 50.8 Å². The summed E-state index contributed by atoms with van der Waals surface area (Å²) in [6, 6.07) is 27.5. The van der Waals surface area contributed by atoms with Gasteiger partial charge in [0.2, 0.25) is 15.8 Å². The maximum atomic E-state index is 16.2. The van der Waals surface area contributed by atoms with Gasteiger partial charge in [-0.1, -0.05) is 55.5 Å². The number of amides is 1. The molecule has 0 saturated carbocycles. The lowest BCUT2D eigenvalue weighted by molar-refractivity contribution is -0.383. The summed E-state index contributed by atoms with van der Waals surface area (Å²) in [6.45, 7) is 6.23. The highest BCUT2D eigenvalue weighted by Gasteiger charge is 2.46. The molecule has 1 fully saturated rings. The highest BCUT2D eigenvalue weighted by Crippen LogP contribution is 2.46. The number of nitrogens with zero attached hydrogens (tertiary/aromatic N) is 7. The van der Waals surface area contributed by atoms with Crippen LogP contribution in [0, 0.1) is 10.1 Å². The van der Waals surface area contributed by atoms with E-state index in [9.17, 15) is 14.9 Å². The number of nitrogens with one attached hydrogen (secondary N) is 1. The third-order valence-corrected chi connectivity index (χ3v) is 15.4. The first-order valence-corrected chi connectivity index (χ1v) is 24.9. The lowest BCUT2D eigenvalue weighted by atomic mass is 9.96. The first-order valence-electron chi connectivity index (χ1n) is 21.9. The van der Waals surface area contributed by atoms with Crippen molar-refractivity contribution in [2.45, 2.75) is 74.4 Å². The van der Waals surface area contributed by atoms with Crippen LogP contribution < -0.4 is 19.5 Å². The monoisotopic (exact) mass is 982 g/mol. The fraction of sp³-hybridized carbons (Fsp3) is 0.333. The maximum absolute atomic E-state index is 16.2. The van der Waals surface area contributed by atoms with Gasteiger partial charge >= 0.3 is 6.09 Å². The van der Waals surface area contributed by atoms with Crippen LogP contribution >= 0.6 is 0 Å². The van der Waals surface area contributed by atoms with Crippen molar-refractivity contribution < 1.29 is 45.5 Å². The van der Waals surface area contributed by atoms with Crippen LogP contribution in [-0.2, 0) is 44.2 Å². The molecule has 1 aliphatic heterocycles. The van der Waals surface area contributed by atoms with Gasteiger partial charge in [0.1, 0.15) is 38.7 Å². The van der Waals surface area contributed by atoms with Crippen LogP contribution in [0.25, 0.3) is 22.5 Å². The van der Waals surface area contributed by atoms with E-state index in [4.69, 9.17) is 18.9 Å². The van der Waals surface area contributed by atoms with Crippen LogP contribution in [0.4, 0.5) is 16.2 Å². The van der Waals surface area contributed by atoms with Gasteiger partial charge in [-0.3, -0.25) is 10.1 Å². The Morgan fingerprint density at radius 1 is 0.797 bits per heavy atom. The number of tetrazole rings is 1. The van der Waals surface area contributed by atoms with Crippen molar-refractivity contribution in [3.05, 3.63) is 130 Å². The Labute approximate surface area is 401 Å². The number of sulfone groups is 1. The Kier molecular flexibility index (Phi) is 14.9. The van der Waals surface area contributed by atoms with Crippen LogP contribution in [0.3, 0.4) is 0 Å². The van der Waals surface area contributed by atoms with E-state index in [-0.39, 0.29) is 60.9 Å². The Morgan fingerprint density at radius 3 is 1.86 bits per heavy atom. The molecule has 0 atom stereocenters. The molecule has 1 saturated heterocycles. The van der Waals surface area contributed by atoms with Gasteiger partial charge in [0, 0.05) is 38.3 Å². The molecule has 0 bridgehead atoms. The Hall–Kier alpha value is -7.10. The molecule has 1 amide bonds. The zero-order valence-electron chi connectivity index (χ0n) is 39.3. The number of methoxy groups -OCH3 is 3. The van der Waals surface area contributed by atoms with Gasteiger partial charge in [-0.2, -0.15) is 9.10 Å². The molecule has 364 valence electrons. The van der Waals surface area contributed by atoms with Crippen LogP contribution in [-0.4, -0.2) is 109 Å². The predicted octanol–water partition coefficient (Wildman–Crippen LogP) is 7.60. The summed E-state index contributed by atoms with van der Waals surface area (Å²) >= 11 is 0. The Balaban J connectivity index is 1.51. The Morgan fingerprint density at radius 2 is 1.35 bits per heavy atom. The average molecular weight is 983 g/mol. The molecule has 0 spiro atoms. The summed E-state index contributed by atoms with van der Waals surface area (Å²) in [5.41, 5.74) is 0.225. The maximum Gasteiger partial charge on any atom is 0.410 e. The van der Waals surface area contributed by atoms with E-state index < -0.39 is 57.2 Å². The zero-order chi connectivity index (χ0) is 49.7. The fourth-order valence-electron chi connectivity index (χ4n) is 7.67. The van der Waals surface area contributed by atoms with Crippen molar-refractivity contribution >= 4 is 37.3 Å². The molecule has 2 heterocycles. The zero-order valence-corrected chi connectivity index (χ0v) is 40.9. The van der Waals surface area contributed by atoms with E-state index in [1.807, 2.05) is 6.92 Å². The third kappa shape index (κ3) is 11.1. The van der Waals surface area contributed by atoms with E-state index in [1.165, 1.54) is 49.2 Å². The molecule has 0 aliphatic carbocycles. The van der Waals surface area contributed by atoms with Gasteiger partial charge in [-0.15, -0.1) is 10.2 Å². The predicted molar refractivity (Wildman–Crippen MR) is 257 cm³/mol. The minimum absolute atomic E-state index is 0.0420. The minimum Gasteiger partial charge on any atom is -0.497 e. The number of likely N-dealkylation sites (tertiary alicyclic amines) is 1. The second-order valence-corrected chi connectivity index (χ2v) is 21.3. The molecule has 1 aliphatic rings. The standard InChI is InChI=1S/C48H54N8O11S2/c1-8-26-49-41-11-9-10-40(44(41)56(58)59)39-24-25-42(68(60,61)38-30-53(31-38)47(57)67-48(2,3)4)45(43(39)46-50-52-55(51-46)29-34-16-22-37(66-7)23-17-34)69(62,63)54(27-32-12-18-35(64-5)19-13-32)28-33-14-20-36(65-6)21-15-33/h9-25,38,49H,8,26-31H2,1-7H3. The van der Waals surface area contributed by atoms with Crippen molar-refractivity contribution in [3.63, 3.8) is 0 Å². The summed E-state index contributed by atoms with van der Waals surface area (Å²) in [4.78, 5) is 26.7. The molecule has 7 rings (SSSR count). The topological polar surface area (TPSA) is 228 Å². The van der Waals surface area contributed by atoms with Crippen LogP contribution in [0.5, 0.6) is 17.2 Å². The molecule has 21 heteroatoms. The summed E-state index contributed by atoms with van der Waals surface area (Å²) in [5.74, 6) is 1.32. The molecule has 5 aromatic carbocycles. The molecule has 1 aromatic heterocycles. The number of carbonyl (C=O) groups excluding carboxylic acids is 1. The normalized spacial score (nSPS) is 13.2. The quantitative estimate of drug-likeness (QED) is 0.0609. The van der Waals surface area contributed by atoms with Gasteiger partial charge in [-0.05, 0) is 104 Å². The van der Waals surface area contributed by atoms with Crippen LogP contribution in [0.15, 0.2) is 113 Å². The number of hydrogen-bond donors (Lipinski definition) is 1. The van der Waals surface area contributed by atoms with Gasteiger partial charge < -0.3 is 29.2 Å². The number of aromatic nitrogens is 4. The molecule has 69 heavy (non-hydrogen) atoms. The largest absolute Gasteiger partial charge is 0.497 e. The summed E-state index contributed by atoms with van der Waals surface area (Å²) in [5, 5.41) is 28.3. The first-order chi connectivity index (χ1) is 32.9. The number of anilines is 1. The number of ether oxygens (including phenoxy) is 4. The van der Waals surface area contributed by atoms with Crippen molar-refractivity contribution in [2.75, 3.05) is 46.3 Å². The van der Waals surface area contributed by atoms with Crippen molar-refractivity contribution in [1.29, 1.82) is 0 Å². The molecule has 0 radical (unpaired) electrons. The molecule has 1 N–H and O–H groups in total. The number of para-hydroxylation sites is 1. The SMILES string of the molecule is CCCNc1cccc(-c2ccc(S(=O)(=O)C3CN(C(=O)OC(C)(C)C)C3)c(S(=O)(=O)N(Cc3ccc(OC)cc3)Cc3ccc(OC)cc3)c2-c2nnn(Cc3ccc(OC)cc3)n2)c1[N+](=O)[O-]. The van der Waals surface area contributed by atoms with E-state index in [1.54, 1.807) is 99.6 Å². The highest BCUT2D eigenvalue weighted by atomic mass is 32.2. The summed E-state index contributed by atoms with van der Waals surface area (Å²) in [7, 11) is -5.20. The van der Waals surface area contributed by atoms with Gasteiger partial charge in [0.25, 0.3) is 5.69 Å². The second kappa shape index (κ2) is 20.6. The van der Waals surface area contributed by atoms with Crippen LogP contribution in [0.2, 0.25) is 0 Å².